The first-order valence-electron chi connectivity index (χ1n) is 7.72. The summed E-state index contributed by atoms with van der Waals surface area (Å²) in [4.78, 5) is 4.53. The zero-order valence-corrected chi connectivity index (χ0v) is 13.9. The summed E-state index contributed by atoms with van der Waals surface area (Å²) in [5.74, 6) is 0. The molecule has 0 spiro atoms. The Labute approximate surface area is 140 Å². The fourth-order valence-electron chi connectivity index (χ4n) is 2.63. The van der Waals surface area contributed by atoms with Crippen molar-refractivity contribution in [2.24, 2.45) is 0 Å². The second-order valence-electron chi connectivity index (χ2n) is 5.80. The Morgan fingerprint density at radius 2 is 2.17 bits per heavy atom. The summed E-state index contributed by atoms with van der Waals surface area (Å²) in [6.07, 6.45) is 3.41. The molecule has 1 N–H and O–H groups in total. The quantitative estimate of drug-likeness (QED) is 0.782. The minimum atomic E-state index is 0.198. The number of methoxy groups -OCH3 is 1. The molecule has 122 valence electrons. The zero-order chi connectivity index (χ0) is 17.1. The molecule has 3 aromatic rings. The van der Waals surface area contributed by atoms with Gasteiger partial charge in [-0.15, -0.1) is 0 Å². The van der Waals surface area contributed by atoms with Crippen LogP contribution in [0.2, 0.25) is 0 Å². The first-order chi connectivity index (χ1) is 11.6. The summed E-state index contributed by atoms with van der Waals surface area (Å²) in [6.45, 7) is 4.72. The highest BCUT2D eigenvalue weighted by atomic mass is 16.5. The predicted octanol–water partition coefficient (Wildman–Crippen LogP) is 3.02. The van der Waals surface area contributed by atoms with Crippen LogP contribution < -0.4 is 5.32 Å². The predicted molar refractivity (Wildman–Crippen MR) is 92.8 cm³/mol. The van der Waals surface area contributed by atoms with Gasteiger partial charge in [0, 0.05) is 25.0 Å². The van der Waals surface area contributed by atoms with E-state index >= 15 is 0 Å². The molecule has 0 fully saturated rings. The highest BCUT2D eigenvalue weighted by molar-refractivity contribution is 5.68. The number of pyridine rings is 1. The maximum atomic E-state index is 8.99. The number of hydrogen-bond acceptors (Lipinski definition) is 5. The van der Waals surface area contributed by atoms with Crippen molar-refractivity contribution < 1.29 is 4.74 Å². The lowest BCUT2D eigenvalue weighted by Gasteiger charge is -2.16. The van der Waals surface area contributed by atoms with E-state index in [1.807, 2.05) is 37.4 Å². The highest BCUT2D eigenvalue weighted by Gasteiger charge is 2.11. The first-order valence-corrected chi connectivity index (χ1v) is 7.72. The van der Waals surface area contributed by atoms with E-state index in [1.54, 1.807) is 17.8 Å². The van der Waals surface area contributed by atoms with Crippen LogP contribution >= 0.6 is 0 Å². The number of ether oxygens (including phenoxy) is 1. The normalized spacial score (nSPS) is 12.1. The number of fused-ring (bicyclic) bond motifs is 1. The van der Waals surface area contributed by atoms with Crippen LogP contribution in [0.15, 0.2) is 36.7 Å². The van der Waals surface area contributed by atoms with Crippen molar-refractivity contribution in [3.05, 3.63) is 47.8 Å². The van der Waals surface area contributed by atoms with Gasteiger partial charge in [-0.1, -0.05) is 0 Å². The molecule has 0 aliphatic rings. The summed E-state index contributed by atoms with van der Waals surface area (Å²) in [5, 5.41) is 16.8. The minimum absolute atomic E-state index is 0.198. The summed E-state index contributed by atoms with van der Waals surface area (Å²) in [7, 11) is 1.69. The maximum absolute atomic E-state index is 8.99. The standard InChI is InChI=1S/C18H19N5O/c1-12-9-20-17(7-16(12)22-13(2)11-24-3)18-5-4-15-6-14(8-19)10-21-23(15)18/h4-7,9-10,13H,11H2,1-3H3,(H,20,22)/t13-/m0/s1. The molecule has 0 bridgehead atoms. The Balaban J connectivity index is 1.99. The number of aryl methyl sites for hydroxylation is 1. The van der Waals surface area contributed by atoms with E-state index in [2.05, 4.69) is 28.4 Å². The van der Waals surface area contributed by atoms with Gasteiger partial charge in [-0.3, -0.25) is 4.98 Å². The Morgan fingerprint density at radius 1 is 1.33 bits per heavy atom. The third-order valence-corrected chi connectivity index (χ3v) is 3.81. The van der Waals surface area contributed by atoms with Gasteiger partial charge in [-0.25, -0.2) is 4.52 Å². The molecule has 6 heteroatoms. The third kappa shape index (κ3) is 3.07. The van der Waals surface area contributed by atoms with Crippen LogP contribution in [0.25, 0.3) is 16.9 Å². The average Bonchev–Trinajstić information content (AvgIpc) is 3.00. The van der Waals surface area contributed by atoms with Gasteiger partial charge < -0.3 is 10.1 Å². The molecule has 6 nitrogen and oxygen atoms in total. The fourth-order valence-corrected chi connectivity index (χ4v) is 2.63. The van der Waals surface area contributed by atoms with E-state index < -0.39 is 0 Å². The van der Waals surface area contributed by atoms with E-state index in [4.69, 9.17) is 10.00 Å². The molecule has 3 aromatic heterocycles. The summed E-state index contributed by atoms with van der Waals surface area (Å²) < 4.78 is 6.97. The maximum Gasteiger partial charge on any atom is 0.101 e. The molecule has 0 aliphatic heterocycles. The average molecular weight is 321 g/mol. The SMILES string of the molecule is COC[C@H](C)Nc1cc(-c2ccc3cc(C#N)cnn23)ncc1C. The molecule has 0 aromatic carbocycles. The van der Waals surface area contributed by atoms with Gasteiger partial charge >= 0.3 is 0 Å². The molecule has 1 atom stereocenters. The molecule has 24 heavy (non-hydrogen) atoms. The Kier molecular flexibility index (Phi) is 4.45. The Morgan fingerprint density at radius 3 is 2.92 bits per heavy atom. The minimum Gasteiger partial charge on any atom is -0.383 e. The van der Waals surface area contributed by atoms with Crippen molar-refractivity contribution in [1.29, 1.82) is 5.26 Å². The molecular weight excluding hydrogens is 302 g/mol. The van der Waals surface area contributed by atoms with Gasteiger partial charge in [0.25, 0.3) is 0 Å². The van der Waals surface area contributed by atoms with Crippen molar-refractivity contribution in [2.75, 3.05) is 19.0 Å². The van der Waals surface area contributed by atoms with E-state index in [9.17, 15) is 0 Å². The number of hydrogen-bond donors (Lipinski definition) is 1. The van der Waals surface area contributed by atoms with Crippen LogP contribution in [0.1, 0.15) is 18.1 Å². The Hall–Kier alpha value is -2.91. The second kappa shape index (κ2) is 6.69. The Bertz CT molecular complexity index is 909. The van der Waals surface area contributed by atoms with Gasteiger partial charge in [0.1, 0.15) is 6.07 Å². The third-order valence-electron chi connectivity index (χ3n) is 3.81. The van der Waals surface area contributed by atoms with Crippen LogP contribution in [-0.4, -0.2) is 34.4 Å². The summed E-state index contributed by atoms with van der Waals surface area (Å²) in [6, 6.07) is 10.0. The van der Waals surface area contributed by atoms with Crippen LogP contribution in [0, 0.1) is 18.3 Å². The fraction of sp³-hybridized carbons (Fsp3) is 0.278. The molecule has 3 heterocycles. The zero-order valence-electron chi connectivity index (χ0n) is 13.9. The molecule has 0 radical (unpaired) electrons. The summed E-state index contributed by atoms with van der Waals surface area (Å²) in [5.41, 5.74) is 5.21. The largest absolute Gasteiger partial charge is 0.383 e. The highest BCUT2D eigenvalue weighted by Crippen LogP contribution is 2.25. The van der Waals surface area contributed by atoms with Gasteiger partial charge in [-0.2, -0.15) is 10.4 Å². The van der Waals surface area contributed by atoms with Crippen LogP contribution in [0.5, 0.6) is 0 Å². The number of aromatic nitrogens is 3. The number of nitriles is 1. The van der Waals surface area contributed by atoms with Crippen molar-refractivity contribution in [3.8, 4) is 17.5 Å². The van der Waals surface area contributed by atoms with Crippen molar-refractivity contribution in [2.45, 2.75) is 19.9 Å². The van der Waals surface area contributed by atoms with Crippen molar-refractivity contribution in [3.63, 3.8) is 0 Å². The van der Waals surface area contributed by atoms with E-state index in [0.717, 1.165) is 28.2 Å². The number of nitrogens with one attached hydrogen (secondary N) is 1. The van der Waals surface area contributed by atoms with Gasteiger partial charge in [-0.05, 0) is 43.7 Å². The second-order valence-corrected chi connectivity index (χ2v) is 5.80. The monoisotopic (exact) mass is 321 g/mol. The van der Waals surface area contributed by atoms with E-state index in [-0.39, 0.29) is 6.04 Å². The van der Waals surface area contributed by atoms with Crippen LogP contribution in [-0.2, 0) is 4.74 Å². The molecule has 3 rings (SSSR count). The van der Waals surface area contributed by atoms with Gasteiger partial charge in [0.2, 0.25) is 0 Å². The molecule has 0 saturated carbocycles. The van der Waals surface area contributed by atoms with Crippen molar-refractivity contribution >= 4 is 11.2 Å². The topological polar surface area (TPSA) is 75.2 Å². The van der Waals surface area contributed by atoms with Crippen molar-refractivity contribution in [1.82, 2.24) is 14.6 Å². The molecule has 0 saturated heterocycles. The molecule has 0 amide bonds. The lowest BCUT2D eigenvalue weighted by molar-refractivity contribution is 0.190. The number of anilines is 1. The molecule has 0 aliphatic carbocycles. The molecule has 0 unspecified atom stereocenters. The van der Waals surface area contributed by atoms with Gasteiger partial charge in [0.05, 0.1) is 35.3 Å². The lowest BCUT2D eigenvalue weighted by atomic mass is 10.2. The van der Waals surface area contributed by atoms with Crippen LogP contribution in [0.4, 0.5) is 5.69 Å². The lowest BCUT2D eigenvalue weighted by Crippen LogP contribution is -2.21. The van der Waals surface area contributed by atoms with Gasteiger partial charge in [0.15, 0.2) is 0 Å². The summed E-state index contributed by atoms with van der Waals surface area (Å²) >= 11 is 0. The number of nitrogens with zero attached hydrogens (tertiary/aromatic N) is 4. The molecular formula is C18H19N5O. The number of rotatable bonds is 5. The first kappa shape index (κ1) is 16.0. The van der Waals surface area contributed by atoms with E-state index in [0.29, 0.717) is 12.2 Å². The smallest absolute Gasteiger partial charge is 0.101 e. The van der Waals surface area contributed by atoms with E-state index in [1.165, 1.54) is 0 Å². The van der Waals surface area contributed by atoms with Crippen LogP contribution in [0.3, 0.4) is 0 Å².